The van der Waals surface area contributed by atoms with Gasteiger partial charge in [0.1, 0.15) is 0 Å². The number of hydrogen-bond donors (Lipinski definition) is 1. The largest absolute Gasteiger partial charge is 0.417 e. The van der Waals surface area contributed by atoms with Gasteiger partial charge in [-0.3, -0.25) is 0 Å². The highest BCUT2D eigenvalue weighted by molar-refractivity contribution is 7.81. The third kappa shape index (κ3) is 6.05. The van der Waals surface area contributed by atoms with Crippen LogP contribution in [0.2, 0.25) is 0 Å². The summed E-state index contributed by atoms with van der Waals surface area (Å²) in [5.41, 5.74) is 1.39. The van der Waals surface area contributed by atoms with Gasteiger partial charge < -0.3 is 15.0 Å². The minimum absolute atomic E-state index is 0.0722. The minimum Gasteiger partial charge on any atom is -0.370 e. The number of urea groups is 1. The quantitative estimate of drug-likeness (QED) is 0.447. The van der Waals surface area contributed by atoms with E-state index < -0.39 is 11.7 Å². The molecule has 2 aromatic rings. The van der Waals surface area contributed by atoms with E-state index in [2.05, 4.69) is 5.32 Å². The van der Waals surface area contributed by atoms with Crippen molar-refractivity contribution in [2.45, 2.75) is 51.6 Å². The first-order valence-corrected chi connectivity index (χ1v) is 12.2. The zero-order valence-corrected chi connectivity index (χ0v) is 21.3. The van der Waals surface area contributed by atoms with Crippen LogP contribution in [0.4, 0.5) is 18.0 Å². The summed E-state index contributed by atoms with van der Waals surface area (Å²) < 4.78 is 48.4. The molecule has 8 heteroatoms. The number of alkyl halides is 3. The van der Waals surface area contributed by atoms with Crippen molar-refractivity contribution < 1.29 is 22.7 Å². The monoisotopic (exact) mass is 514 g/mol. The number of carbonyl (C=O) groups excluding carboxylic acids is 1. The van der Waals surface area contributed by atoms with Gasteiger partial charge in [0.15, 0.2) is 0 Å². The third-order valence-corrected chi connectivity index (χ3v) is 6.42. The zero-order chi connectivity index (χ0) is 26.1. The van der Waals surface area contributed by atoms with Gasteiger partial charge in [0.25, 0.3) is 0 Å². The summed E-state index contributed by atoms with van der Waals surface area (Å²) in [6.07, 6.45) is 1.66. The van der Waals surface area contributed by atoms with Crippen LogP contribution in [0.5, 0.6) is 0 Å². The molecule has 36 heavy (non-hydrogen) atoms. The molecular weight excluding hydrogens is 485 g/mol. The number of nitrogens with zero attached hydrogens (tertiary/aromatic N) is 1. The topological polar surface area (TPSA) is 41.6 Å². The molecule has 1 N–H and O–H groups in total. The Bertz CT molecular complexity index is 1200. The summed E-state index contributed by atoms with van der Waals surface area (Å²) in [6.45, 7) is 6.16. The van der Waals surface area contributed by atoms with Gasteiger partial charge in [-0.05, 0) is 48.6 Å². The van der Waals surface area contributed by atoms with Gasteiger partial charge in [0, 0.05) is 16.8 Å². The molecule has 0 spiro atoms. The molecule has 0 saturated carbocycles. The summed E-state index contributed by atoms with van der Waals surface area (Å²) in [6, 6.07) is 11.4. The minimum atomic E-state index is -4.55. The molecule has 1 saturated heterocycles. The summed E-state index contributed by atoms with van der Waals surface area (Å²) >= 11 is 5.42. The van der Waals surface area contributed by atoms with Gasteiger partial charge in [0.05, 0.1) is 31.4 Å². The van der Waals surface area contributed by atoms with Crippen LogP contribution in [0.25, 0.3) is 16.7 Å². The van der Waals surface area contributed by atoms with E-state index in [1.165, 1.54) is 12.1 Å². The SMILES string of the molecule is CC(C)(C)NC(=O)N1CC(OCc2cccc(-c3ccc(C4=CC=CCC4=S)cc3)c2C(F)(F)F)C1. The average Bonchev–Trinajstić information content (AvgIpc) is 2.76. The summed E-state index contributed by atoms with van der Waals surface area (Å²) in [7, 11) is 0. The Morgan fingerprint density at radius 2 is 1.75 bits per heavy atom. The van der Waals surface area contributed by atoms with E-state index >= 15 is 0 Å². The Labute approximate surface area is 214 Å². The molecule has 1 heterocycles. The lowest BCUT2D eigenvalue weighted by molar-refractivity contribution is -0.139. The van der Waals surface area contributed by atoms with Gasteiger partial charge in [-0.15, -0.1) is 0 Å². The first-order valence-electron chi connectivity index (χ1n) is 11.8. The van der Waals surface area contributed by atoms with E-state index in [1.807, 2.05) is 51.1 Å². The fourth-order valence-electron chi connectivity index (χ4n) is 4.24. The number of hydrogen-bond acceptors (Lipinski definition) is 3. The second kappa shape index (κ2) is 10.2. The Kier molecular flexibility index (Phi) is 7.38. The molecule has 190 valence electrons. The lowest BCUT2D eigenvalue weighted by atomic mass is 9.92. The number of halogens is 3. The number of nitrogens with one attached hydrogen (secondary N) is 1. The van der Waals surface area contributed by atoms with Crippen molar-refractivity contribution in [3.05, 3.63) is 77.4 Å². The highest BCUT2D eigenvalue weighted by Gasteiger charge is 2.38. The van der Waals surface area contributed by atoms with Crippen LogP contribution in [-0.4, -0.2) is 40.5 Å². The summed E-state index contributed by atoms with van der Waals surface area (Å²) in [4.78, 5) is 14.6. The van der Waals surface area contributed by atoms with Crippen molar-refractivity contribution >= 4 is 28.7 Å². The standard InChI is InChI=1S/C28H29F3N2O2S/c1-27(2,3)32-26(34)33-15-21(16-33)35-17-20-7-6-9-23(25(20)28(29,30)31)19-13-11-18(12-14-19)22-8-4-5-10-24(22)36/h4-9,11-14,21H,10,15-17H2,1-3H3,(H,32,34). The molecule has 4 rings (SSSR count). The molecule has 1 aliphatic heterocycles. The van der Waals surface area contributed by atoms with E-state index in [4.69, 9.17) is 17.0 Å². The van der Waals surface area contributed by atoms with Crippen molar-refractivity contribution in [2.75, 3.05) is 13.1 Å². The highest BCUT2D eigenvalue weighted by Crippen LogP contribution is 2.40. The van der Waals surface area contributed by atoms with Crippen LogP contribution >= 0.6 is 12.2 Å². The first kappa shape index (κ1) is 26.1. The van der Waals surface area contributed by atoms with Crippen LogP contribution in [0, 0.1) is 0 Å². The molecule has 0 bridgehead atoms. The molecule has 2 amide bonds. The van der Waals surface area contributed by atoms with E-state index in [0.29, 0.717) is 25.1 Å². The average molecular weight is 515 g/mol. The third-order valence-electron chi connectivity index (χ3n) is 6.04. The van der Waals surface area contributed by atoms with Crippen molar-refractivity contribution in [3.8, 4) is 11.1 Å². The maximum absolute atomic E-state index is 14.2. The number of thiocarbonyl (C=S) groups is 1. The number of allylic oxidation sites excluding steroid dienone is 4. The van der Waals surface area contributed by atoms with Crippen molar-refractivity contribution in [3.63, 3.8) is 0 Å². The van der Waals surface area contributed by atoms with Crippen molar-refractivity contribution in [2.24, 2.45) is 0 Å². The van der Waals surface area contributed by atoms with Crippen LogP contribution in [0.1, 0.15) is 43.9 Å². The van der Waals surface area contributed by atoms with Gasteiger partial charge in [0.2, 0.25) is 0 Å². The summed E-state index contributed by atoms with van der Waals surface area (Å²) in [5.74, 6) is 0. The Morgan fingerprint density at radius 3 is 2.36 bits per heavy atom. The van der Waals surface area contributed by atoms with Gasteiger partial charge >= 0.3 is 12.2 Å². The molecule has 2 aliphatic rings. The van der Waals surface area contributed by atoms with Gasteiger partial charge in [-0.2, -0.15) is 13.2 Å². The van der Waals surface area contributed by atoms with Crippen molar-refractivity contribution in [1.29, 1.82) is 0 Å². The molecule has 0 aromatic heterocycles. The van der Waals surface area contributed by atoms with E-state index in [9.17, 15) is 18.0 Å². The molecule has 1 aliphatic carbocycles. The van der Waals surface area contributed by atoms with Gasteiger partial charge in [-0.1, -0.05) is 72.9 Å². The Hall–Kier alpha value is -2.97. The predicted molar refractivity (Wildman–Crippen MR) is 140 cm³/mol. The Morgan fingerprint density at radius 1 is 1.08 bits per heavy atom. The molecule has 4 nitrogen and oxygen atoms in total. The van der Waals surface area contributed by atoms with Crippen LogP contribution in [-0.2, 0) is 17.5 Å². The molecule has 0 atom stereocenters. The molecule has 0 radical (unpaired) electrons. The first-order chi connectivity index (χ1) is 16.9. The molecule has 1 fully saturated rings. The lowest BCUT2D eigenvalue weighted by Crippen LogP contribution is -2.60. The fourth-order valence-corrected chi connectivity index (χ4v) is 4.52. The smallest absolute Gasteiger partial charge is 0.370 e. The molecule has 2 aromatic carbocycles. The second-order valence-electron chi connectivity index (χ2n) is 10.1. The Balaban J connectivity index is 1.49. The normalized spacial score (nSPS) is 16.6. The molecule has 0 unspecified atom stereocenters. The lowest BCUT2D eigenvalue weighted by Gasteiger charge is -2.40. The number of carbonyl (C=O) groups is 1. The second-order valence-corrected chi connectivity index (χ2v) is 10.6. The van der Waals surface area contributed by atoms with Crippen LogP contribution in [0.3, 0.4) is 0 Å². The van der Waals surface area contributed by atoms with E-state index in [1.54, 1.807) is 23.1 Å². The predicted octanol–water partition coefficient (Wildman–Crippen LogP) is 6.79. The number of likely N-dealkylation sites (tertiary alicyclic amines) is 1. The van der Waals surface area contributed by atoms with E-state index in [0.717, 1.165) is 16.0 Å². The van der Waals surface area contributed by atoms with Crippen molar-refractivity contribution in [1.82, 2.24) is 10.2 Å². The number of benzene rings is 2. The zero-order valence-electron chi connectivity index (χ0n) is 20.5. The number of rotatable bonds is 5. The summed E-state index contributed by atoms with van der Waals surface area (Å²) in [5, 5.41) is 2.87. The number of amides is 2. The van der Waals surface area contributed by atoms with Gasteiger partial charge in [-0.25, -0.2) is 4.79 Å². The van der Waals surface area contributed by atoms with E-state index in [-0.39, 0.29) is 35.4 Å². The fraction of sp³-hybridized carbons (Fsp3) is 0.357. The maximum atomic E-state index is 14.2. The van der Waals surface area contributed by atoms with Crippen LogP contribution in [0.15, 0.2) is 60.7 Å². The van der Waals surface area contributed by atoms with Crippen LogP contribution < -0.4 is 5.32 Å². The highest BCUT2D eigenvalue weighted by atomic mass is 32.1. The number of ether oxygens (including phenoxy) is 1. The molecular formula is C28H29F3N2O2S. The maximum Gasteiger partial charge on any atom is 0.417 e.